The van der Waals surface area contributed by atoms with Crippen LogP contribution in [0.15, 0.2) is 60.9 Å². The first kappa shape index (κ1) is 17.7. The smallest absolute Gasteiger partial charge is 0.319 e. The number of urea groups is 1. The molecular weight excluding hydrogens is 356 g/mol. The summed E-state index contributed by atoms with van der Waals surface area (Å²) in [6, 6.07) is 16.4. The van der Waals surface area contributed by atoms with Gasteiger partial charge in [-0.1, -0.05) is 24.3 Å². The lowest BCUT2D eigenvalue weighted by Crippen LogP contribution is -2.29. The SMILES string of the molecule is O=C(NCc1nncn1-c1ccccc1)Nc1cccc(NC(=O)C2CC2)c1. The molecule has 1 saturated carbocycles. The van der Waals surface area contributed by atoms with Crippen molar-refractivity contribution in [1.82, 2.24) is 20.1 Å². The van der Waals surface area contributed by atoms with Gasteiger partial charge in [0.2, 0.25) is 5.91 Å². The van der Waals surface area contributed by atoms with Crippen molar-refractivity contribution in [2.75, 3.05) is 10.6 Å². The second-order valence-electron chi connectivity index (χ2n) is 6.60. The van der Waals surface area contributed by atoms with Gasteiger partial charge in [0.15, 0.2) is 5.82 Å². The van der Waals surface area contributed by atoms with Gasteiger partial charge in [-0.2, -0.15) is 0 Å². The van der Waals surface area contributed by atoms with E-state index < -0.39 is 0 Å². The normalized spacial score (nSPS) is 13.0. The van der Waals surface area contributed by atoms with Crippen molar-refractivity contribution in [2.24, 2.45) is 5.92 Å². The molecule has 0 unspecified atom stereocenters. The van der Waals surface area contributed by atoms with Crippen molar-refractivity contribution in [3.8, 4) is 5.69 Å². The molecule has 1 aliphatic carbocycles. The van der Waals surface area contributed by atoms with E-state index in [0.717, 1.165) is 18.5 Å². The standard InChI is InChI=1S/C20H20N6O2/c27-19(14-9-10-14)23-15-5-4-6-16(11-15)24-20(28)21-12-18-25-22-13-26(18)17-7-2-1-3-8-17/h1-8,11,13-14H,9-10,12H2,(H,23,27)(H2,21,24,28). The van der Waals surface area contributed by atoms with Gasteiger partial charge in [0.05, 0.1) is 6.54 Å². The van der Waals surface area contributed by atoms with Crippen LogP contribution in [-0.2, 0) is 11.3 Å². The Morgan fingerprint density at radius 2 is 1.75 bits per heavy atom. The molecule has 28 heavy (non-hydrogen) atoms. The summed E-state index contributed by atoms with van der Waals surface area (Å²) in [5.74, 6) is 0.774. The van der Waals surface area contributed by atoms with E-state index in [-0.39, 0.29) is 24.4 Å². The Bertz CT molecular complexity index is 981. The maximum absolute atomic E-state index is 12.2. The molecule has 0 saturated heterocycles. The van der Waals surface area contributed by atoms with Crippen LogP contribution >= 0.6 is 0 Å². The second-order valence-corrected chi connectivity index (χ2v) is 6.60. The maximum atomic E-state index is 12.2. The average molecular weight is 376 g/mol. The zero-order valence-corrected chi connectivity index (χ0v) is 15.1. The van der Waals surface area contributed by atoms with Crippen LogP contribution < -0.4 is 16.0 Å². The number of nitrogens with zero attached hydrogens (tertiary/aromatic N) is 3. The zero-order chi connectivity index (χ0) is 19.3. The van der Waals surface area contributed by atoms with Gasteiger partial charge >= 0.3 is 6.03 Å². The number of nitrogens with one attached hydrogen (secondary N) is 3. The minimum Gasteiger partial charge on any atom is -0.331 e. The summed E-state index contributed by atoms with van der Waals surface area (Å²) in [6.07, 6.45) is 3.50. The molecule has 3 aromatic rings. The molecule has 0 bridgehead atoms. The van der Waals surface area contributed by atoms with Crippen molar-refractivity contribution in [3.05, 3.63) is 66.7 Å². The summed E-state index contributed by atoms with van der Waals surface area (Å²) in [4.78, 5) is 24.1. The molecule has 0 spiro atoms. The second kappa shape index (κ2) is 7.91. The quantitative estimate of drug-likeness (QED) is 0.616. The molecule has 3 amide bonds. The summed E-state index contributed by atoms with van der Waals surface area (Å²) in [5, 5.41) is 16.4. The van der Waals surface area contributed by atoms with Crippen molar-refractivity contribution in [1.29, 1.82) is 0 Å². The van der Waals surface area contributed by atoms with E-state index in [4.69, 9.17) is 0 Å². The molecule has 0 atom stereocenters. The van der Waals surface area contributed by atoms with E-state index >= 15 is 0 Å². The number of para-hydroxylation sites is 1. The Kier molecular flexibility index (Phi) is 5.01. The van der Waals surface area contributed by atoms with E-state index in [2.05, 4.69) is 26.1 Å². The van der Waals surface area contributed by atoms with Crippen LogP contribution in [0, 0.1) is 5.92 Å². The number of aromatic nitrogens is 3. The third-order valence-electron chi connectivity index (χ3n) is 4.40. The first-order chi connectivity index (χ1) is 13.7. The third-order valence-corrected chi connectivity index (χ3v) is 4.40. The molecule has 3 N–H and O–H groups in total. The van der Waals surface area contributed by atoms with Gasteiger partial charge in [-0.3, -0.25) is 9.36 Å². The van der Waals surface area contributed by atoms with Crippen LogP contribution in [0.4, 0.5) is 16.2 Å². The maximum Gasteiger partial charge on any atom is 0.319 e. The molecule has 1 heterocycles. The Labute approximate surface area is 162 Å². The molecule has 1 fully saturated rings. The molecule has 142 valence electrons. The Morgan fingerprint density at radius 1 is 1.00 bits per heavy atom. The Morgan fingerprint density at radius 3 is 2.50 bits per heavy atom. The Balaban J connectivity index is 1.34. The molecule has 1 aromatic heterocycles. The summed E-state index contributed by atoms with van der Waals surface area (Å²) in [6.45, 7) is 0.221. The molecule has 1 aliphatic rings. The first-order valence-corrected chi connectivity index (χ1v) is 9.09. The number of carbonyl (C=O) groups is 2. The fourth-order valence-corrected chi connectivity index (χ4v) is 2.78. The van der Waals surface area contributed by atoms with Crippen LogP contribution in [0.1, 0.15) is 18.7 Å². The monoisotopic (exact) mass is 376 g/mol. The molecule has 0 radical (unpaired) electrons. The number of rotatable bonds is 6. The fraction of sp³-hybridized carbons (Fsp3) is 0.200. The third kappa shape index (κ3) is 4.35. The van der Waals surface area contributed by atoms with Crippen LogP contribution in [-0.4, -0.2) is 26.7 Å². The van der Waals surface area contributed by atoms with Crippen LogP contribution in [0.25, 0.3) is 5.69 Å². The average Bonchev–Trinajstić information content (AvgIpc) is 3.46. The minimum absolute atomic E-state index is 0.0295. The van der Waals surface area contributed by atoms with Crippen LogP contribution in [0.5, 0.6) is 0 Å². The van der Waals surface area contributed by atoms with Crippen LogP contribution in [0.3, 0.4) is 0 Å². The van der Waals surface area contributed by atoms with Gasteiger partial charge in [-0.05, 0) is 43.2 Å². The lowest BCUT2D eigenvalue weighted by molar-refractivity contribution is -0.117. The predicted octanol–water partition coefficient (Wildman–Crippen LogP) is 2.94. The topological polar surface area (TPSA) is 101 Å². The number of benzene rings is 2. The molecule has 2 aromatic carbocycles. The van der Waals surface area contributed by atoms with Gasteiger partial charge < -0.3 is 16.0 Å². The van der Waals surface area contributed by atoms with Crippen molar-refractivity contribution < 1.29 is 9.59 Å². The number of anilines is 2. The van der Waals surface area contributed by atoms with E-state index in [1.807, 2.05) is 34.9 Å². The first-order valence-electron chi connectivity index (χ1n) is 9.09. The number of hydrogen-bond acceptors (Lipinski definition) is 4. The summed E-state index contributed by atoms with van der Waals surface area (Å²) in [7, 11) is 0. The van der Waals surface area contributed by atoms with E-state index in [1.54, 1.807) is 30.6 Å². The largest absolute Gasteiger partial charge is 0.331 e. The van der Waals surface area contributed by atoms with Crippen molar-refractivity contribution in [2.45, 2.75) is 19.4 Å². The number of carbonyl (C=O) groups excluding carboxylic acids is 2. The lowest BCUT2D eigenvalue weighted by atomic mass is 10.2. The van der Waals surface area contributed by atoms with Crippen LogP contribution in [0.2, 0.25) is 0 Å². The molecule has 0 aliphatic heterocycles. The molecule has 8 nitrogen and oxygen atoms in total. The van der Waals surface area contributed by atoms with Crippen molar-refractivity contribution in [3.63, 3.8) is 0 Å². The Hall–Kier alpha value is -3.68. The molecule has 4 rings (SSSR count). The van der Waals surface area contributed by atoms with Gasteiger partial charge in [0.1, 0.15) is 6.33 Å². The van der Waals surface area contributed by atoms with E-state index in [1.165, 1.54) is 0 Å². The fourth-order valence-electron chi connectivity index (χ4n) is 2.78. The number of amides is 3. The minimum atomic E-state index is -0.367. The summed E-state index contributed by atoms with van der Waals surface area (Å²) in [5.41, 5.74) is 2.18. The molecular formula is C20H20N6O2. The van der Waals surface area contributed by atoms with E-state index in [0.29, 0.717) is 17.2 Å². The highest BCUT2D eigenvalue weighted by Crippen LogP contribution is 2.30. The lowest BCUT2D eigenvalue weighted by Gasteiger charge is -2.10. The van der Waals surface area contributed by atoms with Gasteiger partial charge in [-0.25, -0.2) is 4.79 Å². The highest BCUT2D eigenvalue weighted by Gasteiger charge is 2.29. The summed E-state index contributed by atoms with van der Waals surface area (Å²) < 4.78 is 1.81. The summed E-state index contributed by atoms with van der Waals surface area (Å²) >= 11 is 0. The highest BCUT2D eigenvalue weighted by atomic mass is 16.2. The van der Waals surface area contributed by atoms with Gasteiger partial charge in [0, 0.05) is 23.0 Å². The van der Waals surface area contributed by atoms with Crippen molar-refractivity contribution >= 4 is 23.3 Å². The van der Waals surface area contributed by atoms with Gasteiger partial charge in [0.25, 0.3) is 0 Å². The zero-order valence-electron chi connectivity index (χ0n) is 15.1. The highest BCUT2D eigenvalue weighted by molar-refractivity contribution is 5.95. The van der Waals surface area contributed by atoms with Gasteiger partial charge in [-0.15, -0.1) is 10.2 Å². The van der Waals surface area contributed by atoms with E-state index in [9.17, 15) is 9.59 Å². The molecule has 8 heteroatoms. The number of hydrogen-bond donors (Lipinski definition) is 3. The predicted molar refractivity (Wildman–Crippen MR) is 105 cm³/mol.